The van der Waals surface area contributed by atoms with Crippen molar-refractivity contribution in [2.24, 2.45) is 5.73 Å². The molecule has 0 aliphatic heterocycles. The molecule has 3 heteroatoms. The van der Waals surface area contributed by atoms with Crippen molar-refractivity contribution in [2.75, 3.05) is 13.6 Å². The highest BCUT2D eigenvalue weighted by molar-refractivity contribution is 5.38. The fourth-order valence-corrected chi connectivity index (χ4v) is 3.03. The zero-order valence-corrected chi connectivity index (χ0v) is 12.9. The Hall–Kier alpha value is -1.37. The van der Waals surface area contributed by atoms with E-state index in [2.05, 4.69) is 23.8 Å². The molecular formula is C18H25FN2. The molecule has 1 aromatic carbocycles. The maximum absolute atomic E-state index is 13.7. The fraction of sp³-hybridized carbons (Fsp3) is 0.556. The third-order valence-electron chi connectivity index (χ3n) is 4.24. The van der Waals surface area contributed by atoms with Gasteiger partial charge in [0.2, 0.25) is 0 Å². The monoisotopic (exact) mass is 288 g/mol. The van der Waals surface area contributed by atoms with E-state index >= 15 is 0 Å². The molecule has 1 saturated carbocycles. The van der Waals surface area contributed by atoms with Gasteiger partial charge in [-0.15, -0.1) is 0 Å². The van der Waals surface area contributed by atoms with Gasteiger partial charge < -0.3 is 5.73 Å². The lowest BCUT2D eigenvalue weighted by Gasteiger charge is -2.27. The lowest BCUT2D eigenvalue weighted by molar-refractivity contribution is 0.213. The Bertz CT molecular complexity index is 508. The molecule has 0 bridgehead atoms. The van der Waals surface area contributed by atoms with Gasteiger partial charge in [0, 0.05) is 12.6 Å². The molecule has 1 aliphatic rings. The van der Waals surface area contributed by atoms with Gasteiger partial charge in [-0.2, -0.15) is 0 Å². The topological polar surface area (TPSA) is 29.3 Å². The highest BCUT2D eigenvalue weighted by atomic mass is 19.1. The van der Waals surface area contributed by atoms with Gasteiger partial charge in [0.1, 0.15) is 5.82 Å². The Morgan fingerprint density at radius 1 is 1.24 bits per heavy atom. The molecule has 1 fully saturated rings. The van der Waals surface area contributed by atoms with Gasteiger partial charge in [-0.3, -0.25) is 4.90 Å². The summed E-state index contributed by atoms with van der Waals surface area (Å²) < 4.78 is 13.7. The number of nitrogens with zero attached hydrogens (tertiary/aromatic N) is 1. The second-order valence-corrected chi connectivity index (χ2v) is 5.88. The van der Waals surface area contributed by atoms with Gasteiger partial charge in [-0.1, -0.05) is 43.6 Å². The quantitative estimate of drug-likeness (QED) is 0.683. The van der Waals surface area contributed by atoms with Crippen LogP contribution in [0, 0.1) is 17.7 Å². The summed E-state index contributed by atoms with van der Waals surface area (Å²) in [6.07, 6.45) is 7.92. The van der Waals surface area contributed by atoms with Crippen LogP contribution in [0.25, 0.3) is 0 Å². The molecule has 21 heavy (non-hydrogen) atoms. The third kappa shape index (κ3) is 4.84. The second kappa shape index (κ2) is 8.17. The highest BCUT2D eigenvalue weighted by Gasteiger charge is 2.17. The summed E-state index contributed by atoms with van der Waals surface area (Å²) in [5, 5.41) is 0. The first kappa shape index (κ1) is 16.0. The number of rotatable bonds is 3. The first-order chi connectivity index (χ1) is 10.2. The minimum Gasteiger partial charge on any atom is -0.320 e. The van der Waals surface area contributed by atoms with Crippen LogP contribution in [0.1, 0.15) is 49.7 Å². The van der Waals surface area contributed by atoms with Gasteiger partial charge in [-0.25, -0.2) is 4.39 Å². The van der Waals surface area contributed by atoms with Crippen LogP contribution in [-0.4, -0.2) is 24.5 Å². The summed E-state index contributed by atoms with van der Waals surface area (Å²) in [5.74, 6) is 5.26. The van der Waals surface area contributed by atoms with E-state index in [0.717, 1.165) is 12.1 Å². The van der Waals surface area contributed by atoms with Crippen LogP contribution in [0.2, 0.25) is 0 Å². The molecule has 0 saturated heterocycles. The molecule has 2 N–H and O–H groups in total. The first-order valence-corrected chi connectivity index (χ1v) is 7.88. The molecular weight excluding hydrogens is 263 g/mol. The van der Waals surface area contributed by atoms with Gasteiger partial charge in [-0.05, 0) is 37.6 Å². The zero-order chi connectivity index (χ0) is 15.1. The molecule has 1 aromatic rings. The van der Waals surface area contributed by atoms with Crippen molar-refractivity contribution in [3.8, 4) is 11.8 Å². The lowest BCUT2D eigenvalue weighted by Crippen LogP contribution is -2.30. The van der Waals surface area contributed by atoms with Gasteiger partial charge in [0.15, 0.2) is 0 Å². The van der Waals surface area contributed by atoms with Crippen LogP contribution in [-0.2, 0) is 6.54 Å². The number of nitrogens with two attached hydrogens (primary N) is 1. The molecule has 0 heterocycles. The summed E-state index contributed by atoms with van der Waals surface area (Å²) in [6.45, 7) is 1.11. The predicted octanol–water partition coefficient (Wildman–Crippen LogP) is 3.29. The Labute approximate surface area is 127 Å². The van der Waals surface area contributed by atoms with Crippen molar-refractivity contribution in [3.05, 3.63) is 35.1 Å². The van der Waals surface area contributed by atoms with E-state index in [-0.39, 0.29) is 12.4 Å². The summed E-state index contributed by atoms with van der Waals surface area (Å²) in [7, 11) is 2.17. The standard InChI is InChI=1S/C18H25FN2/c1-21(17-8-4-2-3-5-9-17)14-15-10-11-18(19)16(13-15)7-6-12-20/h10-11,13,17H,2-5,8-9,12,14,20H2,1H3. The summed E-state index contributed by atoms with van der Waals surface area (Å²) in [6, 6.07) is 5.87. The minimum atomic E-state index is -0.267. The smallest absolute Gasteiger partial charge is 0.138 e. The fourth-order valence-electron chi connectivity index (χ4n) is 3.03. The van der Waals surface area contributed by atoms with E-state index < -0.39 is 0 Å². The van der Waals surface area contributed by atoms with Crippen LogP contribution in [0.15, 0.2) is 18.2 Å². The number of halogens is 1. The Kier molecular flexibility index (Phi) is 6.22. The number of hydrogen-bond acceptors (Lipinski definition) is 2. The summed E-state index contributed by atoms with van der Waals surface area (Å²) in [5.41, 5.74) is 6.92. The second-order valence-electron chi connectivity index (χ2n) is 5.88. The largest absolute Gasteiger partial charge is 0.320 e. The molecule has 2 nitrogen and oxygen atoms in total. The Balaban J connectivity index is 2.04. The van der Waals surface area contributed by atoms with Gasteiger partial charge >= 0.3 is 0 Å². The van der Waals surface area contributed by atoms with Crippen LogP contribution < -0.4 is 5.73 Å². The molecule has 0 unspecified atom stereocenters. The third-order valence-corrected chi connectivity index (χ3v) is 4.24. The Morgan fingerprint density at radius 2 is 1.95 bits per heavy atom. The molecule has 1 aliphatic carbocycles. The van der Waals surface area contributed by atoms with Gasteiger partial charge in [0.05, 0.1) is 12.1 Å². The summed E-state index contributed by atoms with van der Waals surface area (Å²) >= 11 is 0. The Morgan fingerprint density at radius 3 is 2.62 bits per heavy atom. The molecule has 2 rings (SSSR count). The van der Waals surface area contributed by atoms with Gasteiger partial charge in [0.25, 0.3) is 0 Å². The molecule has 0 amide bonds. The first-order valence-electron chi connectivity index (χ1n) is 7.88. The van der Waals surface area contributed by atoms with E-state index in [4.69, 9.17) is 5.73 Å². The SMILES string of the molecule is CN(Cc1ccc(F)c(C#CCN)c1)C1CCCCCC1. The maximum Gasteiger partial charge on any atom is 0.138 e. The number of hydrogen-bond donors (Lipinski definition) is 1. The average Bonchev–Trinajstić information content (AvgIpc) is 2.77. The van der Waals surface area contributed by atoms with Crippen LogP contribution in [0.5, 0.6) is 0 Å². The molecule has 0 atom stereocenters. The zero-order valence-electron chi connectivity index (χ0n) is 12.9. The number of benzene rings is 1. The van der Waals surface area contributed by atoms with Crippen molar-refractivity contribution in [1.29, 1.82) is 0 Å². The lowest BCUT2D eigenvalue weighted by atomic mass is 10.1. The molecule has 114 valence electrons. The van der Waals surface area contributed by atoms with Crippen molar-refractivity contribution < 1.29 is 4.39 Å². The van der Waals surface area contributed by atoms with Crippen molar-refractivity contribution in [2.45, 2.75) is 51.1 Å². The van der Waals surface area contributed by atoms with E-state index in [1.165, 1.54) is 44.6 Å². The predicted molar refractivity (Wildman–Crippen MR) is 85.3 cm³/mol. The van der Waals surface area contributed by atoms with E-state index in [1.807, 2.05) is 12.1 Å². The van der Waals surface area contributed by atoms with E-state index in [0.29, 0.717) is 11.6 Å². The molecule has 0 spiro atoms. The minimum absolute atomic E-state index is 0.256. The van der Waals surface area contributed by atoms with Crippen molar-refractivity contribution in [1.82, 2.24) is 4.90 Å². The highest BCUT2D eigenvalue weighted by Crippen LogP contribution is 2.22. The maximum atomic E-state index is 13.7. The van der Waals surface area contributed by atoms with Crippen molar-refractivity contribution >= 4 is 0 Å². The average molecular weight is 288 g/mol. The summed E-state index contributed by atoms with van der Waals surface area (Å²) in [4.78, 5) is 2.40. The molecule has 0 aromatic heterocycles. The van der Waals surface area contributed by atoms with E-state index in [9.17, 15) is 4.39 Å². The van der Waals surface area contributed by atoms with Crippen molar-refractivity contribution in [3.63, 3.8) is 0 Å². The van der Waals surface area contributed by atoms with Crippen LogP contribution >= 0.6 is 0 Å². The molecule has 0 radical (unpaired) electrons. The van der Waals surface area contributed by atoms with Crippen LogP contribution in [0.4, 0.5) is 4.39 Å². The van der Waals surface area contributed by atoms with E-state index in [1.54, 1.807) is 0 Å². The van der Waals surface area contributed by atoms with Crippen LogP contribution in [0.3, 0.4) is 0 Å². The normalized spacial score (nSPS) is 16.4.